The molecular formula is C15H21N5O4. The van der Waals surface area contributed by atoms with Gasteiger partial charge in [-0.1, -0.05) is 6.07 Å². The van der Waals surface area contributed by atoms with Gasteiger partial charge in [-0.2, -0.15) is 10.2 Å². The lowest BCUT2D eigenvalue weighted by atomic mass is 10.2. The molecule has 1 heterocycles. The molecule has 0 spiro atoms. The van der Waals surface area contributed by atoms with Crippen molar-refractivity contribution in [1.82, 2.24) is 15.8 Å². The molecule has 0 aliphatic carbocycles. The van der Waals surface area contributed by atoms with Gasteiger partial charge < -0.3 is 9.47 Å². The van der Waals surface area contributed by atoms with Crippen LogP contribution >= 0.6 is 0 Å². The largest absolute Gasteiger partial charge is 0.468 e. The van der Waals surface area contributed by atoms with Crippen LogP contribution in [0.4, 0.5) is 0 Å². The summed E-state index contributed by atoms with van der Waals surface area (Å²) in [4.78, 5) is 26.5. The van der Waals surface area contributed by atoms with Crippen molar-refractivity contribution >= 4 is 23.4 Å². The zero-order valence-corrected chi connectivity index (χ0v) is 14.1. The molecule has 2 N–H and O–H groups in total. The van der Waals surface area contributed by atoms with Crippen molar-refractivity contribution in [3.8, 4) is 0 Å². The summed E-state index contributed by atoms with van der Waals surface area (Å²) in [5.41, 5.74) is 7.71. The Morgan fingerprint density at radius 1 is 0.958 bits per heavy atom. The van der Waals surface area contributed by atoms with Gasteiger partial charge in [0.15, 0.2) is 0 Å². The fourth-order valence-electron chi connectivity index (χ4n) is 1.54. The zero-order valence-electron chi connectivity index (χ0n) is 14.1. The van der Waals surface area contributed by atoms with Gasteiger partial charge in [0.25, 0.3) is 0 Å². The highest BCUT2D eigenvalue weighted by Crippen LogP contribution is 2.02. The molecule has 0 radical (unpaired) electrons. The summed E-state index contributed by atoms with van der Waals surface area (Å²) in [6.07, 6.45) is 0. The van der Waals surface area contributed by atoms with Crippen LogP contribution in [-0.2, 0) is 19.1 Å². The molecule has 0 saturated heterocycles. The molecule has 0 fully saturated rings. The summed E-state index contributed by atoms with van der Waals surface area (Å²) < 4.78 is 9.02. The Morgan fingerprint density at radius 3 is 1.75 bits per heavy atom. The van der Waals surface area contributed by atoms with E-state index in [1.807, 2.05) is 6.07 Å². The average molecular weight is 335 g/mol. The fourth-order valence-corrected chi connectivity index (χ4v) is 1.54. The number of pyridine rings is 1. The Hall–Kier alpha value is -2.97. The van der Waals surface area contributed by atoms with E-state index < -0.39 is 11.9 Å². The number of methoxy groups -OCH3 is 2. The first kappa shape index (κ1) is 19.1. The molecule has 0 unspecified atom stereocenters. The molecule has 9 nitrogen and oxygen atoms in total. The fraction of sp³-hybridized carbons (Fsp3) is 0.400. The number of hydrogen-bond donors (Lipinski definition) is 2. The standard InChI is InChI=1S/C15H21N5O4/c1-10(19-16-8-14(21)23-3)12-6-5-7-13(18-12)11(2)20-17-9-15(22)24-4/h5-7,16-17H,8-9H2,1-4H3. The number of carbonyl (C=O) groups is 2. The minimum atomic E-state index is -0.409. The van der Waals surface area contributed by atoms with Gasteiger partial charge in [-0.3, -0.25) is 20.4 Å². The van der Waals surface area contributed by atoms with E-state index in [-0.39, 0.29) is 13.1 Å². The Balaban J connectivity index is 2.74. The maximum atomic E-state index is 11.0. The second-order valence-electron chi connectivity index (χ2n) is 4.62. The summed E-state index contributed by atoms with van der Waals surface area (Å²) in [6, 6.07) is 5.39. The van der Waals surface area contributed by atoms with E-state index in [9.17, 15) is 9.59 Å². The number of rotatable bonds is 8. The Labute approximate surface area is 140 Å². The Morgan fingerprint density at radius 2 is 1.38 bits per heavy atom. The van der Waals surface area contributed by atoms with E-state index >= 15 is 0 Å². The first-order chi connectivity index (χ1) is 11.5. The van der Waals surface area contributed by atoms with Gasteiger partial charge >= 0.3 is 11.9 Å². The molecular weight excluding hydrogens is 314 g/mol. The molecule has 0 saturated carbocycles. The summed E-state index contributed by atoms with van der Waals surface area (Å²) in [7, 11) is 2.62. The maximum Gasteiger partial charge on any atom is 0.326 e. The highest BCUT2D eigenvalue weighted by atomic mass is 16.5. The first-order valence-electron chi connectivity index (χ1n) is 7.13. The van der Waals surface area contributed by atoms with E-state index in [0.29, 0.717) is 22.8 Å². The Kier molecular flexibility index (Phi) is 7.89. The summed E-state index contributed by atoms with van der Waals surface area (Å²) in [5, 5.41) is 8.13. The lowest BCUT2D eigenvalue weighted by Crippen LogP contribution is -2.21. The van der Waals surface area contributed by atoms with E-state index in [2.05, 4.69) is 35.5 Å². The van der Waals surface area contributed by atoms with Gasteiger partial charge in [0.05, 0.1) is 37.0 Å². The quantitative estimate of drug-likeness (QED) is 0.392. The number of hydrazone groups is 2. The van der Waals surface area contributed by atoms with Crippen molar-refractivity contribution in [1.29, 1.82) is 0 Å². The third-order valence-electron chi connectivity index (χ3n) is 2.89. The number of ether oxygens (including phenoxy) is 2. The van der Waals surface area contributed by atoms with Gasteiger partial charge in [-0.15, -0.1) is 0 Å². The first-order valence-corrected chi connectivity index (χ1v) is 7.13. The second-order valence-corrected chi connectivity index (χ2v) is 4.62. The minimum absolute atomic E-state index is 0.0224. The van der Waals surface area contributed by atoms with Gasteiger partial charge in [-0.25, -0.2) is 4.98 Å². The molecule has 1 aromatic heterocycles. The number of hydrogen-bond acceptors (Lipinski definition) is 9. The number of nitrogens with one attached hydrogen (secondary N) is 2. The van der Waals surface area contributed by atoms with Crippen LogP contribution in [0.15, 0.2) is 28.4 Å². The summed E-state index contributed by atoms with van der Waals surface area (Å²) >= 11 is 0. The SMILES string of the molecule is COC(=O)CNN=C(C)c1cccc(C(C)=NNCC(=O)OC)n1. The predicted octanol–water partition coefficient (Wildman–Crippen LogP) is 0.0548. The molecule has 0 aliphatic heterocycles. The van der Waals surface area contributed by atoms with Crippen molar-refractivity contribution in [2.24, 2.45) is 10.2 Å². The van der Waals surface area contributed by atoms with Crippen LogP contribution in [0, 0.1) is 0 Å². The summed E-state index contributed by atoms with van der Waals surface area (Å²) in [6.45, 7) is 3.48. The van der Waals surface area contributed by atoms with Crippen LogP contribution in [0.5, 0.6) is 0 Å². The molecule has 0 amide bonds. The second kappa shape index (κ2) is 9.93. The minimum Gasteiger partial charge on any atom is -0.468 e. The van der Waals surface area contributed by atoms with Crippen molar-refractivity contribution in [2.75, 3.05) is 27.3 Å². The average Bonchev–Trinajstić information content (AvgIpc) is 2.61. The molecule has 1 rings (SSSR count). The normalized spacial score (nSPS) is 11.7. The zero-order chi connectivity index (χ0) is 17.9. The monoisotopic (exact) mass is 335 g/mol. The van der Waals surface area contributed by atoms with Gasteiger partial charge in [0.1, 0.15) is 13.1 Å². The van der Waals surface area contributed by atoms with Crippen molar-refractivity contribution < 1.29 is 19.1 Å². The van der Waals surface area contributed by atoms with Crippen LogP contribution in [0.25, 0.3) is 0 Å². The van der Waals surface area contributed by atoms with Gasteiger partial charge in [0, 0.05) is 0 Å². The number of esters is 2. The molecule has 0 aliphatic rings. The Bertz CT molecular complexity index is 591. The highest BCUT2D eigenvalue weighted by Gasteiger charge is 2.05. The van der Waals surface area contributed by atoms with Crippen LogP contribution < -0.4 is 10.9 Å². The van der Waals surface area contributed by atoms with Crippen molar-refractivity contribution in [2.45, 2.75) is 13.8 Å². The van der Waals surface area contributed by atoms with E-state index in [1.165, 1.54) is 14.2 Å². The van der Waals surface area contributed by atoms with Crippen LogP contribution in [0.3, 0.4) is 0 Å². The van der Waals surface area contributed by atoms with Gasteiger partial charge in [0.2, 0.25) is 0 Å². The third kappa shape index (κ3) is 6.42. The third-order valence-corrected chi connectivity index (χ3v) is 2.89. The molecule has 9 heteroatoms. The van der Waals surface area contributed by atoms with E-state index in [0.717, 1.165) is 0 Å². The lowest BCUT2D eigenvalue weighted by molar-refractivity contribution is -0.140. The van der Waals surface area contributed by atoms with Crippen molar-refractivity contribution in [3.05, 3.63) is 29.6 Å². The number of aromatic nitrogens is 1. The summed E-state index contributed by atoms with van der Waals surface area (Å²) in [5.74, 6) is -0.819. The molecule has 0 bridgehead atoms. The number of carbonyl (C=O) groups excluding carboxylic acids is 2. The van der Waals surface area contributed by atoms with Crippen LogP contribution in [0.2, 0.25) is 0 Å². The lowest BCUT2D eigenvalue weighted by Gasteiger charge is -2.06. The maximum absolute atomic E-state index is 11.0. The highest BCUT2D eigenvalue weighted by molar-refractivity contribution is 6.00. The van der Waals surface area contributed by atoms with Crippen LogP contribution in [0.1, 0.15) is 25.2 Å². The predicted molar refractivity (Wildman–Crippen MR) is 88.7 cm³/mol. The molecule has 0 aromatic carbocycles. The van der Waals surface area contributed by atoms with Crippen LogP contribution in [-0.4, -0.2) is 55.7 Å². The smallest absolute Gasteiger partial charge is 0.326 e. The van der Waals surface area contributed by atoms with Crippen molar-refractivity contribution in [3.63, 3.8) is 0 Å². The molecule has 0 atom stereocenters. The molecule has 130 valence electrons. The van der Waals surface area contributed by atoms with E-state index in [4.69, 9.17) is 0 Å². The molecule has 24 heavy (non-hydrogen) atoms. The number of nitrogens with zero attached hydrogens (tertiary/aromatic N) is 3. The molecule has 1 aromatic rings. The topological polar surface area (TPSA) is 114 Å². The van der Waals surface area contributed by atoms with Gasteiger partial charge in [-0.05, 0) is 26.0 Å². The van der Waals surface area contributed by atoms with E-state index in [1.54, 1.807) is 26.0 Å².